The van der Waals surface area contributed by atoms with Gasteiger partial charge in [-0.25, -0.2) is 4.68 Å². The molecule has 152 valence electrons. The Morgan fingerprint density at radius 2 is 2.28 bits per heavy atom. The SMILES string of the molecule is CN(C)CCC(O)(C#Cc1cccc(-n2nc(C(N)=O)c3c2COCC3)c1)C=O. The summed E-state index contributed by atoms with van der Waals surface area (Å²) in [5.74, 6) is 4.96. The third-order valence-electron chi connectivity index (χ3n) is 4.71. The molecular weight excluding hydrogens is 372 g/mol. The maximum Gasteiger partial charge on any atom is 0.269 e. The summed E-state index contributed by atoms with van der Waals surface area (Å²) in [7, 11) is 3.72. The molecule has 29 heavy (non-hydrogen) atoms. The lowest BCUT2D eigenvalue weighted by Gasteiger charge is -2.17. The fourth-order valence-electron chi connectivity index (χ4n) is 3.09. The maximum atomic E-state index is 11.8. The number of primary amides is 1. The molecule has 1 aromatic carbocycles. The zero-order chi connectivity index (χ0) is 21.0. The van der Waals surface area contributed by atoms with Gasteiger partial charge in [0.05, 0.1) is 24.6 Å². The molecule has 8 nitrogen and oxygen atoms in total. The van der Waals surface area contributed by atoms with Gasteiger partial charge in [-0.15, -0.1) is 0 Å². The highest BCUT2D eigenvalue weighted by Gasteiger charge is 2.25. The third kappa shape index (κ3) is 4.71. The van der Waals surface area contributed by atoms with Gasteiger partial charge in [-0.3, -0.25) is 9.59 Å². The van der Waals surface area contributed by atoms with Crippen molar-refractivity contribution < 1.29 is 19.4 Å². The van der Waals surface area contributed by atoms with Gasteiger partial charge in [0.25, 0.3) is 5.91 Å². The van der Waals surface area contributed by atoms with Gasteiger partial charge in [-0.05, 0) is 32.3 Å². The zero-order valence-corrected chi connectivity index (χ0v) is 16.5. The molecule has 0 saturated heterocycles. The second-order valence-corrected chi connectivity index (χ2v) is 7.25. The molecule has 0 spiro atoms. The molecule has 1 atom stereocenters. The molecule has 0 fully saturated rings. The molecule has 1 unspecified atom stereocenters. The number of amides is 1. The number of carbonyl (C=O) groups excluding carboxylic acids is 2. The van der Waals surface area contributed by atoms with Crippen LogP contribution < -0.4 is 5.73 Å². The Hall–Kier alpha value is -2.99. The van der Waals surface area contributed by atoms with Crippen LogP contribution in [-0.4, -0.2) is 64.8 Å². The van der Waals surface area contributed by atoms with Crippen LogP contribution in [0.2, 0.25) is 0 Å². The molecule has 1 aromatic heterocycles. The topological polar surface area (TPSA) is 111 Å². The highest BCUT2D eigenvalue weighted by Crippen LogP contribution is 2.24. The van der Waals surface area contributed by atoms with Gasteiger partial charge in [0.1, 0.15) is 0 Å². The second-order valence-electron chi connectivity index (χ2n) is 7.25. The number of benzene rings is 1. The number of nitrogens with two attached hydrogens (primary N) is 1. The number of rotatable bonds is 6. The van der Waals surface area contributed by atoms with Crippen molar-refractivity contribution in [1.82, 2.24) is 14.7 Å². The molecule has 3 rings (SSSR count). The number of nitrogens with zero attached hydrogens (tertiary/aromatic N) is 3. The van der Waals surface area contributed by atoms with Crippen LogP contribution in [0.1, 0.15) is 33.7 Å². The number of fused-ring (bicyclic) bond motifs is 1. The van der Waals surface area contributed by atoms with Crippen LogP contribution in [0, 0.1) is 11.8 Å². The van der Waals surface area contributed by atoms with Crippen molar-refractivity contribution in [3.8, 4) is 17.5 Å². The Labute approximate surface area is 169 Å². The van der Waals surface area contributed by atoms with Gasteiger partial charge in [0.2, 0.25) is 0 Å². The number of aliphatic hydroxyl groups is 1. The highest BCUT2D eigenvalue weighted by molar-refractivity contribution is 5.92. The summed E-state index contributed by atoms with van der Waals surface area (Å²) < 4.78 is 7.15. The highest BCUT2D eigenvalue weighted by atomic mass is 16.5. The van der Waals surface area contributed by atoms with Gasteiger partial charge in [-0.1, -0.05) is 17.9 Å². The Morgan fingerprint density at radius 3 is 2.97 bits per heavy atom. The molecule has 2 aromatic rings. The quantitative estimate of drug-likeness (QED) is 0.536. The lowest BCUT2D eigenvalue weighted by molar-refractivity contribution is -0.119. The van der Waals surface area contributed by atoms with Gasteiger partial charge >= 0.3 is 0 Å². The Bertz CT molecular complexity index is 986. The van der Waals surface area contributed by atoms with Gasteiger partial charge in [-0.2, -0.15) is 5.10 Å². The fourth-order valence-corrected chi connectivity index (χ4v) is 3.09. The monoisotopic (exact) mass is 396 g/mol. The fraction of sp³-hybridized carbons (Fsp3) is 0.381. The molecule has 0 bridgehead atoms. The minimum Gasteiger partial charge on any atom is -0.375 e. The summed E-state index contributed by atoms with van der Waals surface area (Å²) >= 11 is 0. The Kier molecular flexibility index (Phi) is 6.13. The third-order valence-corrected chi connectivity index (χ3v) is 4.71. The van der Waals surface area contributed by atoms with Gasteiger partial charge in [0, 0.05) is 30.5 Å². The van der Waals surface area contributed by atoms with Crippen LogP contribution in [0.5, 0.6) is 0 Å². The molecule has 0 aliphatic carbocycles. The first-order valence-corrected chi connectivity index (χ1v) is 9.28. The van der Waals surface area contributed by atoms with Gasteiger partial charge < -0.3 is 20.5 Å². The molecule has 1 aliphatic rings. The second kappa shape index (κ2) is 8.57. The average molecular weight is 396 g/mol. The van der Waals surface area contributed by atoms with E-state index in [1.54, 1.807) is 22.9 Å². The predicted octanol–water partition coefficient (Wildman–Crippen LogP) is 0.277. The molecular formula is C21H24N4O4. The first kappa shape index (κ1) is 20.7. The normalized spacial score (nSPS) is 15.2. The molecule has 8 heteroatoms. The molecule has 1 amide bonds. The van der Waals surface area contributed by atoms with E-state index in [9.17, 15) is 14.7 Å². The summed E-state index contributed by atoms with van der Waals surface area (Å²) in [5.41, 5.74) is 6.90. The van der Waals surface area contributed by atoms with Crippen LogP contribution in [0.25, 0.3) is 5.69 Å². The minimum absolute atomic E-state index is 0.210. The minimum atomic E-state index is -1.71. The van der Waals surface area contributed by atoms with Crippen molar-refractivity contribution in [2.24, 2.45) is 5.73 Å². The Morgan fingerprint density at radius 1 is 1.48 bits per heavy atom. The largest absolute Gasteiger partial charge is 0.375 e. The van der Waals surface area contributed by atoms with Crippen molar-refractivity contribution in [3.05, 3.63) is 46.8 Å². The number of aldehydes is 1. The summed E-state index contributed by atoms with van der Waals surface area (Å²) in [6.45, 7) is 1.38. The van der Waals surface area contributed by atoms with E-state index in [0.717, 1.165) is 11.3 Å². The molecule has 2 heterocycles. The van der Waals surface area contributed by atoms with Crippen LogP contribution in [0.3, 0.4) is 0 Å². The van der Waals surface area contributed by atoms with E-state index in [4.69, 9.17) is 10.5 Å². The average Bonchev–Trinajstić information content (AvgIpc) is 3.11. The van der Waals surface area contributed by atoms with Crippen LogP contribution in [-0.2, 0) is 22.6 Å². The van der Waals surface area contributed by atoms with Crippen molar-refractivity contribution >= 4 is 12.2 Å². The van der Waals surface area contributed by atoms with E-state index in [0.29, 0.717) is 43.7 Å². The maximum absolute atomic E-state index is 11.8. The van der Waals surface area contributed by atoms with E-state index in [1.165, 1.54) is 0 Å². The number of carbonyl (C=O) groups is 2. The Balaban J connectivity index is 1.94. The van der Waals surface area contributed by atoms with Crippen LogP contribution >= 0.6 is 0 Å². The predicted molar refractivity (Wildman–Crippen MR) is 107 cm³/mol. The van der Waals surface area contributed by atoms with E-state index in [2.05, 4.69) is 16.9 Å². The zero-order valence-electron chi connectivity index (χ0n) is 16.5. The van der Waals surface area contributed by atoms with E-state index >= 15 is 0 Å². The van der Waals surface area contributed by atoms with Crippen molar-refractivity contribution in [2.75, 3.05) is 27.2 Å². The van der Waals surface area contributed by atoms with E-state index < -0.39 is 11.5 Å². The molecule has 3 N–H and O–H groups in total. The van der Waals surface area contributed by atoms with Crippen molar-refractivity contribution in [3.63, 3.8) is 0 Å². The number of hydrogen-bond donors (Lipinski definition) is 2. The summed E-state index contributed by atoms with van der Waals surface area (Å²) in [6.07, 6.45) is 1.25. The number of ether oxygens (including phenoxy) is 1. The molecule has 1 aliphatic heterocycles. The van der Waals surface area contributed by atoms with Crippen LogP contribution in [0.4, 0.5) is 0 Å². The first-order chi connectivity index (χ1) is 13.8. The van der Waals surface area contributed by atoms with Crippen molar-refractivity contribution in [2.45, 2.75) is 25.0 Å². The van der Waals surface area contributed by atoms with E-state index in [-0.39, 0.29) is 12.1 Å². The summed E-state index contributed by atoms with van der Waals surface area (Å²) in [4.78, 5) is 25.0. The first-order valence-electron chi connectivity index (χ1n) is 9.28. The lowest BCUT2D eigenvalue weighted by atomic mass is 10.0. The number of hydrogen-bond acceptors (Lipinski definition) is 6. The standard InChI is InChI=1S/C21H24N4O4/c1-24(2)10-9-21(28,14-26)8-6-15-4-3-5-16(12-15)25-18-13-29-11-7-17(18)19(23-25)20(22)27/h3-5,12,14,28H,7,9-11,13H2,1-2H3,(H2,22,27). The van der Waals surface area contributed by atoms with Crippen molar-refractivity contribution in [1.29, 1.82) is 0 Å². The van der Waals surface area contributed by atoms with Crippen LogP contribution in [0.15, 0.2) is 24.3 Å². The summed E-state index contributed by atoms with van der Waals surface area (Å²) in [5, 5.41) is 14.8. The van der Waals surface area contributed by atoms with E-state index in [1.807, 2.05) is 25.1 Å². The number of aromatic nitrogens is 2. The molecule has 0 saturated carbocycles. The summed E-state index contributed by atoms with van der Waals surface area (Å²) in [6, 6.07) is 7.17. The van der Waals surface area contributed by atoms with Gasteiger partial charge in [0.15, 0.2) is 17.6 Å². The molecule has 0 radical (unpaired) electrons. The lowest BCUT2D eigenvalue weighted by Crippen LogP contribution is -2.33. The smallest absolute Gasteiger partial charge is 0.269 e.